The molecule has 0 spiro atoms. The minimum atomic E-state index is -4.69. The molecule has 0 bridgehead atoms. The van der Waals surface area contributed by atoms with Gasteiger partial charge in [-0.15, -0.1) is 0 Å². The van der Waals surface area contributed by atoms with Crippen molar-refractivity contribution in [1.82, 2.24) is 34.2 Å². The van der Waals surface area contributed by atoms with E-state index >= 15 is 0 Å². The minimum Gasteiger partial charge on any atom is -0.335 e. The van der Waals surface area contributed by atoms with Crippen molar-refractivity contribution in [2.45, 2.75) is 19.6 Å². The Kier molecular flexibility index (Phi) is 6.21. The molecule has 4 aromatic rings. The van der Waals surface area contributed by atoms with Gasteiger partial charge in [0.05, 0.1) is 11.4 Å². The molecule has 1 amide bonds. The predicted octanol–water partition coefficient (Wildman–Crippen LogP) is 4.07. The highest BCUT2D eigenvalue weighted by Gasteiger charge is 2.36. The first kappa shape index (κ1) is 24.3. The molecule has 1 aliphatic heterocycles. The third kappa shape index (κ3) is 4.80. The standard InChI is InChI=1S/C24H23ClF3N7O/c1-15-17(13-32(2)30-15)14-33-7-9-34(10-8-33)23(36)20-12-22-29-19(16-3-5-18(25)6-4-16)11-21(24(26,27)28)35(22)31-20/h3-6,11-13H,7-10,14H2,1-2H3. The lowest BCUT2D eigenvalue weighted by atomic mass is 10.1. The van der Waals surface area contributed by atoms with Gasteiger partial charge >= 0.3 is 6.18 Å². The predicted molar refractivity (Wildman–Crippen MR) is 128 cm³/mol. The summed E-state index contributed by atoms with van der Waals surface area (Å²) in [6, 6.07) is 8.58. The Bertz CT molecular complexity index is 1420. The summed E-state index contributed by atoms with van der Waals surface area (Å²) in [6.45, 7) is 4.85. The number of hydrogen-bond acceptors (Lipinski definition) is 5. The monoisotopic (exact) mass is 517 g/mol. The van der Waals surface area contributed by atoms with E-state index in [0.29, 0.717) is 41.3 Å². The van der Waals surface area contributed by atoms with Crippen LogP contribution in [-0.2, 0) is 19.8 Å². The lowest BCUT2D eigenvalue weighted by molar-refractivity contribution is -0.142. The second kappa shape index (κ2) is 9.21. The van der Waals surface area contributed by atoms with Crippen molar-refractivity contribution >= 4 is 23.2 Å². The Morgan fingerprint density at radius 3 is 2.36 bits per heavy atom. The second-order valence-electron chi connectivity index (χ2n) is 8.81. The van der Waals surface area contributed by atoms with Gasteiger partial charge in [0.25, 0.3) is 5.91 Å². The van der Waals surface area contributed by atoms with Gasteiger partial charge < -0.3 is 4.90 Å². The largest absolute Gasteiger partial charge is 0.433 e. The number of aryl methyl sites for hydroxylation is 2. The minimum absolute atomic E-state index is 0.0520. The van der Waals surface area contributed by atoms with Crippen molar-refractivity contribution < 1.29 is 18.0 Å². The van der Waals surface area contributed by atoms with E-state index < -0.39 is 17.8 Å². The van der Waals surface area contributed by atoms with Crippen LogP contribution in [0.5, 0.6) is 0 Å². The number of piperazine rings is 1. The van der Waals surface area contributed by atoms with Crippen LogP contribution in [0.2, 0.25) is 5.02 Å². The molecule has 0 saturated carbocycles. The number of nitrogens with zero attached hydrogens (tertiary/aromatic N) is 7. The van der Waals surface area contributed by atoms with E-state index in [1.807, 2.05) is 20.2 Å². The Hall–Kier alpha value is -3.44. The molecule has 1 saturated heterocycles. The summed E-state index contributed by atoms with van der Waals surface area (Å²) < 4.78 is 44.1. The maximum Gasteiger partial charge on any atom is 0.433 e. The van der Waals surface area contributed by atoms with E-state index in [0.717, 1.165) is 23.9 Å². The summed E-state index contributed by atoms with van der Waals surface area (Å²) in [5.41, 5.74) is 1.55. The van der Waals surface area contributed by atoms with Crippen LogP contribution in [0.15, 0.2) is 42.6 Å². The van der Waals surface area contributed by atoms with Crippen molar-refractivity contribution in [3.05, 3.63) is 70.3 Å². The molecular weight excluding hydrogens is 495 g/mol. The van der Waals surface area contributed by atoms with E-state index in [1.165, 1.54) is 6.07 Å². The van der Waals surface area contributed by atoms with E-state index in [4.69, 9.17) is 11.6 Å². The molecule has 4 heterocycles. The van der Waals surface area contributed by atoms with Crippen LogP contribution in [0.1, 0.15) is 27.4 Å². The molecule has 1 fully saturated rings. The van der Waals surface area contributed by atoms with Gasteiger partial charge in [-0.05, 0) is 25.1 Å². The maximum atomic E-state index is 13.9. The van der Waals surface area contributed by atoms with E-state index in [-0.39, 0.29) is 17.0 Å². The molecule has 0 unspecified atom stereocenters. The Balaban J connectivity index is 1.37. The number of fused-ring (bicyclic) bond motifs is 1. The van der Waals surface area contributed by atoms with Gasteiger partial charge in [0.2, 0.25) is 0 Å². The van der Waals surface area contributed by atoms with Crippen molar-refractivity contribution in [2.75, 3.05) is 26.2 Å². The van der Waals surface area contributed by atoms with Crippen molar-refractivity contribution in [3.8, 4) is 11.3 Å². The number of carbonyl (C=O) groups is 1. The summed E-state index contributed by atoms with van der Waals surface area (Å²) in [7, 11) is 1.87. The van der Waals surface area contributed by atoms with E-state index in [2.05, 4.69) is 20.1 Å². The molecule has 1 aromatic carbocycles. The van der Waals surface area contributed by atoms with Gasteiger partial charge in [-0.25, -0.2) is 9.50 Å². The zero-order valence-corrected chi connectivity index (χ0v) is 20.4. The van der Waals surface area contributed by atoms with Crippen molar-refractivity contribution in [1.29, 1.82) is 0 Å². The summed E-state index contributed by atoms with van der Waals surface area (Å²) in [5.74, 6) is -0.418. The van der Waals surface area contributed by atoms with E-state index in [9.17, 15) is 18.0 Å². The number of benzene rings is 1. The third-order valence-corrected chi connectivity index (χ3v) is 6.50. The number of carbonyl (C=O) groups excluding carboxylic acids is 1. The Labute approximate surface area is 209 Å². The molecule has 8 nitrogen and oxygen atoms in total. The normalized spacial score (nSPS) is 15.1. The number of rotatable bonds is 4. The van der Waals surface area contributed by atoms with Crippen molar-refractivity contribution in [3.63, 3.8) is 0 Å². The van der Waals surface area contributed by atoms with E-state index in [1.54, 1.807) is 33.8 Å². The van der Waals surface area contributed by atoms with Crippen LogP contribution in [0.3, 0.4) is 0 Å². The molecule has 0 atom stereocenters. The SMILES string of the molecule is Cc1nn(C)cc1CN1CCN(C(=O)c2cc3nc(-c4ccc(Cl)cc4)cc(C(F)(F)F)n3n2)CC1. The summed E-state index contributed by atoms with van der Waals surface area (Å²) in [5, 5.41) is 8.82. The quantitative estimate of drug-likeness (QED) is 0.408. The Morgan fingerprint density at radius 2 is 1.75 bits per heavy atom. The average molecular weight is 518 g/mol. The van der Waals surface area contributed by atoms with Crippen LogP contribution in [0.4, 0.5) is 13.2 Å². The summed E-state index contributed by atoms with van der Waals surface area (Å²) >= 11 is 5.90. The van der Waals surface area contributed by atoms with Gasteiger partial charge in [-0.1, -0.05) is 23.7 Å². The number of hydrogen-bond donors (Lipinski definition) is 0. The number of halogens is 4. The maximum absolute atomic E-state index is 13.9. The molecule has 0 radical (unpaired) electrons. The van der Waals surface area contributed by atoms with Gasteiger partial charge in [-0.3, -0.25) is 14.4 Å². The average Bonchev–Trinajstić information content (AvgIpc) is 3.40. The lowest BCUT2D eigenvalue weighted by Gasteiger charge is -2.34. The highest BCUT2D eigenvalue weighted by molar-refractivity contribution is 6.30. The van der Waals surface area contributed by atoms with Gasteiger partial charge in [-0.2, -0.15) is 23.4 Å². The fraction of sp³-hybridized carbons (Fsp3) is 0.333. The number of amides is 1. The van der Waals surface area contributed by atoms with Gasteiger partial charge in [0.1, 0.15) is 0 Å². The first-order valence-electron chi connectivity index (χ1n) is 11.3. The molecule has 0 N–H and O–H groups in total. The molecule has 12 heteroatoms. The molecule has 1 aliphatic rings. The van der Waals surface area contributed by atoms with Crippen LogP contribution in [0, 0.1) is 6.92 Å². The topological polar surface area (TPSA) is 71.6 Å². The molecule has 5 rings (SSSR count). The second-order valence-corrected chi connectivity index (χ2v) is 9.25. The Morgan fingerprint density at radius 1 is 1.06 bits per heavy atom. The molecule has 3 aromatic heterocycles. The number of aromatic nitrogens is 5. The fourth-order valence-electron chi connectivity index (χ4n) is 4.37. The summed E-state index contributed by atoms with van der Waals surface area (Å²) in [4.78, 5) is 21.3. The highest BCUT2D eigenvalue weighted by atomic mass is 35.5. The van der Waals surface area contributed by atoms with Crippen molar-refractivity contribution in [2.24, 2.45) is 7.05 Å². The molecule has 0 aliphatic carbocycles. The highest BCUT2D eigenvalue weighted by Crippen LogP contribution is 2.32. The third-order valence-electron chi connectivity index (χ3n) is 6.25. The fourth-order valence-corrected chi connectivity index (χ4v) is 4.49. The first-order chi connectivity index (χ1) is 17.1. The summed E-state index contributed by atoms with van der Waals surface area (Å²) in [6.07, 6.45) is -2.71. The zero-order valence-electron chi connectivity index (χ0n) is 19.6. The molecule has 36 heavy (non-hydrogen) atoms. The van der Waals surface area contributed by atoms with Gasteiger partial charge in [0, 0.05) is 68.2 Å². The number of alkyl halides is 3. The molecule has 188 valence electrons. The molecular formula is C24H23ClF3N7O. The van der Waals surface area contributed by atoms with Crippen LogP contribution in [0.25, 0.3) is 16.9 Å². The lowest BCUT2D eigenvalue weighted by Crippen LogP contribution is -2.48. The van der Waals surface area contributed by atoms with Crippen LogP contribution in [-0.4, -0.2) is 66.3 Å². The van der Waals surface area contributed by atoms with Crippen LogP contribution >= 0.6 is 11.6 Å². The van der Waals surface area contributed by atoms with Gasteiger partial charge in [0.15, 0.2) is 17.0 Å². The van der Waals surface area contributed by atoms with Crippen LogP contribution < -0.4 is 0 Å². The zero-order chi connectivity index (χ0) is 25.6. The first-order valence-corrected chi connectivity index (χ1v) is 11.7. The smallest absolute Gasteiger partial charge is 0.335 e.